The van der Waals surface area contributed by atoms with Crippen LogP contribution in [0.15, 0.2) is 24.3 Å². The molecule has 5 heteroatoms. The number of carbonyl (C=O) groups excluding carboxylic acids is 1. The molecule has 1 aliphatic heterocycles. The van der Waals surface area contributed by atoms with Gasteiger partial charge in [0, 0.05) is 32.4 Å². The van der Waals surface area contributed by atoms with Gasteiger partial charge in [0.2, 0.25) is 0 Å². The number of urea groups is 1. The SMILES string of the molecule is COCCCCNC(=O)N1C[C@H](C)C[C@@H]1c1ccccc1F. The standard InChI is InChI=1S/C17H25FN2O2/c1-13-11-16(14-7-3-4-8-15(14)18)20(12-13)17(21)19-9-5-6-10-22-2/h3-4,7-8,13,16H,5-6,9-12H2,1-2H3,(H,19,21)/t13-,16-/m1/s1. The minimum Gasteiger partial charge on any atom is -0.385 e. The van der Waals surface area contributed by atoms with Gasteiger partial charge in [-0.15, -0.1) is 0 Å². The molecule has 122 valence electrons. The van der Waals surface area contributed by atoms with E-state index in [0.717, 1.165) is 19.3 Å². The third kappa shape index (κ3) is 4.19. The smallest absolute Gasteiger partial charge is 0.317 e. The lowest BCUT2D eigenvalue weighted by Crippen LogP contribution is -2.40. The van der Waals surface area contributed by atoms with E-state index in [-0.39, 0.29) is 17.9 Å². The molecule has 0 saturated carbocycles. The Hall–Kier alpha value is -1.62. The van der Waals surface area contributed by atoms with Crippen molar-refractivity contribution in [3.8, 4) is 0 Å². The van der Waals surface area contributed by atoms with Gasteiger partial charge in [-0.1, -0.05) is 25.1 Å². The topological polar surface area (TPSA) is 41.6 Å². The van der Waals surface area contributed by atoms with Gasteiger partial charge in [-0.05, 0) is 31.2 Å². The molecule has 1 heterocycles. The number of rotatable bonds is 6. The average molecular weight is 308 g/mol. The summed E-state index contributed by atoms with van der Waals surface area (Å²) in [7, 11) is 1.67. The molecule has 0 aliphatic carbocycles. The van der Waals surface area contributed by atoms with Crippen molar-refractivity contribution in [2.75, 3.05) is 26.8 Å². The molecule has 2 atom stereocenters. The Labute approximate surface area is 131 Å². The summed E-state index contributed by atoms with van der Waals surface area (Å²) in [5.41, 5.74) is 0.612. The van der Waals surface area contributed by atoms with Crippen molar-refractivity contribution in [2.24, 2.45) is 5.92 Å². The average Bonchev–Trinajstić information content (AvgIpc) is 2.89. The fourth-order valence-electron chi connectivity index (χ4n) is 2.98. The maximum Gasteiger partial charge on any atom is 0.317 e. The van der Waals surface area contributed by atoms with Crippen LogP contribution in [0.25, 0.3) is 0 Å². The molecule has 1 aromatic rings. The number of hydrogen-bond donors (Lipinski definition) is 1. The highest BCUT2D eigenvalue weighted by molar-refractivity contribution is 5.75. The molecule has 0 spiro atoms. The Morgan fingerprint density at radius 2 is 2.18 bits per heavy atom. The van der Waals surface area contributed by atoms with E-state index in [2.05, 4.69) is 12.2 Å². The molecule has 2 rings (SSSR count). The van der Waals surface area contributed by atoms with Crippen LogP contribution in [0.5, 0.6) is 0 Å². The fourth-order valence-corrected chi connectivity index (χ4v) is 2.98. The van der Waals surface area contributed by atoms with E-state index in [1.807, 2.05) is 6.07 Å². The van der Waals surface area contributed by atoms with E-state index >= 15 is 0 Å². The first kappa shape index (κ1) is 16.7. The van der Waals surface area contributed by atoms with Crippen LogP contribution < -0.4 is 5.32 Å². The van der Waals surface area contributed by atoms with Crippen LogP contribution in [0, 0.1) is 11.7 Å². The lowest BCUT2D eigenvalue weighted by atomic mass is 10.0. The molecule has 4 nitrogen and oxygen atoms in total. The van der Waals surface area contributed by atoms with E-state index in [0.29, 0.717) is 31.2 Å². The van der Waals surface area contributed by atoms with Crippen molar-refractivity contribution in [1.29, 1.82) is 0 Å². The van der Waals surface area contributed by atoms with Crippen molar-refractivity contribution >= 4 is 6.03 Å². The zero-order valence-electron chi connectivity index (χ0n) is 13.3. The normalized spacial score (nSPS) is 21.1. The van der Waals surface area contributed by atoms with Crippen LogP contribution in [0.1, 0.15) is 37.8 Å². The van der Waals surface area contributed by atoms with Gasteiger partial charge in [0.1, 0.15) is 5.82 Å². The molecule has 22 heavy (non-hydrogen) atoms. The Bertz CT molecular complexity index is 495. The van der Waals surface area contributed by atoms with Gasteiger partial charge in [0.25, 0.3) is 0 Å². The Morgan fingerprint density at radius 1 is 1.41 bits per heavy atom. The number of amides is 2. The minimum absolute atomic E-state index is 0.102. The van der Waals surface area contributed by atoms with Crippen LogP contribution in [0.3, 0.4) is 0 Å². The zero-order valence-corrected chi connectivity index (χ0v) is 13.3. The summed E-state index contributed by atoms with van der Waals surface area (Å²) >= 11 is 0. The number of hydrogen-bond acceptors (Lipinski definition) is 2. The number of carbonyl (C=O) groups is 1. The summed E-state index contributed by atoms with van der Waals surface area (Å²) in [6, 6.07) is 6.46. The first-order valence-corrected chi connectivity index (χ1v) is 7.91. The molecular weight excluding hydrogens is 283 g/mol. The third-order valence-corrected chi connectivity index (χ3v) is 4.09. The van der Waals surface area contributed by atoms with E-state index in [1.54, 1.807) is 24.1 Å². The fraction of sp³-hybridized carbons (Fsp3) is 0.588. The van der Waals surface area contributed by atoms with Crippen LogP contribution in [-0.4, -0.2) is 37.7 Å². The molecule has 0 radical (unpaired) electrons. The summed E-state index contributed by atoms with van der Waals surface area (Å²) in [6.07, 6.45) is 2.61. The second-order valence-corrected chi connectivity index (χ2v) is 5.96. The second-order valence-electron chi connectivity index (χ2n) is 5.96. The second kappa shape index (κ2) is 8.13. The summed E-state index contributed by atoms with van der Waals surface area (Å²) in [5.74, 6) is 0.142. The summed E-state index contributed by atoms with van der Waals surface area (Å²) < 4.78 is 19.0. The van der Waals surface area contributed by atoms with Gasteiger partial charge in [0.15, 0.2) is 0 Å². The van der Waals surface area contributed by atoms with E-state index < -0.39 is 0 Å². The third-order valence-electron chi connectivity index (χ3n) is 4.09. The summed E-state index contributed by atoms with van der Waals surface area (Å²) in [4.78, 5) is 14.1. The van der Waals surface area contributed by atoms with Crippen molar-refractivity contribution in [2.45, 2.75) is 32.2 Å². The predicted octanol–water partition coefficient (Wildman–Crippen LogP) is 3.34. The monoisotopic (exact) mass is 308 g/mol. The van der Waals surface area contributed by atoms with E-state index in [1.165, 1.54) is 6.07 Å². The molecule has 0 unspecified atom stereocenters. The zero-order chi connectivity index (χ0) is 15.9. The maximum absolute atomic E-state index is 14.0. The van der Waals surface area contributed by atoms with E-state index in [9.17, 15) is 9.18 Å². The molecular formula is C17H25FN2O2. The van der Waals surface area contributed by atoms with E-state index in [4.69, 9.17) is 4.74 Å². The van der Waals surface area contributed by atoms with Crippen molar-refractivity contribution in [3.05, 3.63) is 35.6 Å². The number of nitrogens with zero attached hydrogens (tertiary/aromatic N) is 1. The number of ether oxygens (including phenoxy) is 1. The summed E-state index contributed by atoms with van der Waals surface area (Å²) in [6.45, 7) is 4.09. The van der Waals surface area contributed by atoms with Crippen molar-refractivity contribution < 1.29 is 13.9 Å². The lowest BCUT2D eigenvalue weighted by molar-refractivity contribution is 0.185. The van der Waals surface area contributed by atoms with Gasteiger partial charge >= 0.3 is 6.03 Å². The molecule has 2 amide bonds. The molecule has 0 aromatic heterocycles. The minimum atomic E-state index is -0.237. The van der Waals surface area contributed by atoms with Crippen molar-refractivity contribution in [3.63, 3.8) is 0 Å². The van der Waals surface area contributed by atoms with Crippen LogP contribution in [0.4, 0.5) is 9.18 Å². The van der Waals surface area contributed by atoms with Gasteiger partial charge in [-0.25, -0.2) is 9.18 Å². The lowest BCUT2D eigenvalue weighted by Gasteiger charge is -2.25. The van der Waals surface area contributed by atoms with Gasteiger partial charge in [-0.3, -0.25) is 0 Å². The number of methoxy groups -OCH3 is 1. The highest BCUT2D eigenvalue weighted by Gasteiger charge is 2.35. The van der Waals surface area contributed by atoms with Crippen LogP contribution >= 0.6 is 0 Å². The predicted molar refractivity (Wildman–Crippen MR) is 84.1 cm³/mol. The number of halogens is 1. The van der Waals surface area contributed by atoms with Crippen molar-refractivity contribution in [1.82, 2.24) is 10.2 Å². The molecule has 1 saturated heterocycles. The maximum atomic E-state index is 14.0. The Kier molecular flexibility index (Phi) is 6.19. The molecule has 1 fully saturated rings. The Morgan fingerprint density at radius 3 is 2.91 bits per heavy atom. The highest BCUT2D eigenvalue weighted by Crippen LogP contribution is 2.36. The Balaban J connectivity index is 1.96. The molecule has 1 N–H and O–H groups in total. The number of unbranched alkanes of at least 4 members (excludes halogenated alkanes) is 1. The molecule has 0 bridgehead atoms. The largest absolute Gasteiger partial charge is 0.385 e. The van der Waals surface area contributed by atoms with Crippen LogP contribution in [0.2, 0.25) is 0 Å². The quantitative estimate of drug-likeness (QED) is 0.819. The highest BCUT2D eigenvalue weighted by atomic mass is 19.1. The van der Waals surface area contributed by atoms with Gasteiger partial charge in [-0.2, -0.15) is 0 Å². The first-order chi connectivity index (χ1) is 10.6. The number of likely N-dealkylation sites (tertiary alicyclic amines) is 1. The number of benzene rings is 1. The summed E-state index contributed by atoms with van der Waals surface area (Å²) in [5, 5.41) is 2.93. The van der Waals surface area contributed by atoms with Crippen LogP contribution in [-0.2, 0) is 4.74 Å². The molecule has 1 aromatic carbocycles. The number of nitrogens with one attached hydrogen (secondary N) is 1. The van der Waals surface area contributed by atoms with Gasteiger partial charge < -0.3 is 15.0 Å². The van der Waals surface area contributed by atoms with Gasteiger partial charge in [0.05, 0.1) is 6.04 Å². The first-order valence-electron chi connectivity index (χ1n) is 7.91. The molecule has 1 aliphatic rings.